The zero-order valence-corrected chi connectivity index (χ0v) is 11.3. The highest BCUT2D eigenvalue weighted by Gasteiger charge is 2.49. The van der Waals surface area contributed by atoms with E-state index in [1.807, 2.05) is 18.7 Å². The fraction of sp³-hybridized carbons (Fsp3) is 0.714. The smallest absolute Gasteiger partial charge is 0.333 e. The fourth-order valence-corrected chi connectivity index (χ4v) is 3.02. The Morgan fingerprint density at radius 3 is 2.67 bits per heavy atom. The summed E-state index contributed by atoms with van der Waals surface area (Å²) in [4.78, 5) is 25.7. The third-order valence-corrected chi connectivity index (χ3v) is 3.88. The first-order valence-electron chi connectivity index (χ1n) is 6.60. The lowest BCUT2D eigenvalue weighted by molar-refractivity contribution is -0.150. The first-order valence-corrected chi connectivity index (χ1v) is 6.60. The van der Waals surface area contributed by atoms with Crippen molar-refractivity contribution >= 4 is 11.9 Å². The van der Waals surface area contributed by atoms with Crippen molar-refractivity contribution in [3.8, 4) is 0 Å². The van der Waals surface area contributed by atoms with Crippen molar-refractivity contribution in [2.24, 2.45) is 5.92 Å². The molecule has 0 aromatic heterocycles. The number of hydrogen-bond donors (Lipinski definition) is 0. The van der Waals surface area contributed by atoms with Gasteiger partial charge in [-0.1, -0.05) is 6.58 Å². The third kappa shape index (κ3) is 2.16. The molecule has 0 aromatic carbocycles. The minimum atomic E-state index is -0.346. The molecule has 1 aliphatic heterocycles. The van der Waals surface area contributed by atoms with Gasteiger partial charge in [-0.2, -0.15) is 0 Å². The van der Waals surface area contributed by atoms with Crippen molar-refractivity contribution in [2.45, 2.75) is 58.2 Å². The van der Waals surface area contributed by atoms with Crippen LogP contribution in [0.15, 0.2) is 12.2 Å². The number of nitrogens with zero attached hydrogens (tertiary/aromatic N) is 1. The molecule has 2 aliphatic rings. The Hall–Kier alpha value is -1.32. The molecule has 4 heteroatoms. The number of amides is 1. The van der Waals surface area contributed by atoms with Gasteiger partial charge in [-0.15, -0.1) is 0 Å². The maximum atomic E-state index is 12.2. The summed E-state index contributed by atoms with van der Waals surface area (Å²) in [5.41, 5.74) is 0.414. The molecule has 1 saturated heterocycles. The lowest BCUT2D eigenvalue weighted by atomic mass is 9.88. The first-order chi connectivity index (χ1) is 8.41. The van der Waals surface area contributed by atoms with Gasteiger partial charge < -0.3 is 9.64 Å². The van der Waals surface area contributed by atoms with Gasteiger partial charge in [0.05, 0.1) is 6.04 Å². The van der Waals surface area contributed by atoms with E-state index >= 15 is 0 Å². The molecule has 3 unspecified atom stereocenters. The van der Waals surface area contributed by atoms with Crippen molar-refractivity contribution in [3.05, 3.63) is 12.2 Å². The third-order valence-electron chi connectivity index (χ3n) is 3.88. The summed E-state index contributed by atoms with van der Waals surface area (Å²) in [5, 5.41) is 0. The second-order valence-electron chi connectivity index (χ2n) is 5.64. The molecular weight excluding hydrogens is 230 g/mol. The monoisotopic (exact) mass is 251 g/mol. The predicted octanol–water partition coefficient (Wildman–Crippen LogP) is 1.89. The minimum Gasteiger partial charge on any atom is -0.457 e. The summed E-state index contributed by atoms with van der Waals surface area (Å²) < 4.78 is 5.48. The number of carbonyl (C=O) groups is 2. The zero-order valence-electron chi connectivity index (χ0n) is 11.3. The summed E-state index contributed by atoms with van der Waals surface area (Å²) in [7, 11) is 0. The predicted molar refractivity (Wildman–Crippen MR) is 67.8 cm³/mol. The van der Waals surface area contributed by atoms with E-state index in [1.165, 1.54) is 0 Å². The van der Waals surface area contributed by atoms with E-state index < -0.39 is 0 Å². The molecule has 100 valence electrons. The van der Waals surface area contributed by atoms with Crippen LogP contribution in [0, 0.1) is 5.92 Å². The zero-order chi connectivity index (χ0) is 13.4. The largest absolute Gasteiger partial charge is 0.457 e. The van der Waals surface area contributed by atoms with Gasteiger partial charge in [-0.05, 0) is 40.0 Å². The Bertz CT molecular complexity index is 389. The Kier molecular flexibility index (Phi) is 3.46. The van der Waals surface area contributed by atoms with E-state index in [9.17, 15) is 9.59 Å². The van der Waals surface area contributed by atoms with Crippen LogP contribution in [-0.4, -0.2) is 35.0 Å². The highest BCUT2D eigenvalue weighted by atomic mass is 16.5. The summed E-state index contributed by atoms with van der Waals surface area (Å²) in [6.45, 7) is 9.26. The van der Waals surface area contributed by atoms with E-state index in [-0.39, 0.29) is 36.0 Å². The number of carbonyl (C=O) groups excluding carboxylic acids is 2. The van der Waals surface area contributed by atoms with Gasteiger partial charge in [-0.25, -0.2) is 4.79 Å². The number of rotatable bonds is 3. The van der Waals surface area contributed by atoms with Crippen molar-refractivity contribution in [1.29, 1.82) is 0 Å². The Morgan fingerprint density at radius 1 is 1.44 bits per heavy atom. The second-order valence-corrected chi connectivity index (χ2v) is 5.64. The SMILES string of the molecule is C=C(C)C(=O)OC1CCC2CC1N(C(C)C)C2=O. The molecule has 3 atom stereocenters. The maximum absolute atomic E-state index is 12.2. The highest BCUT2D eigenvalue weighted by molar-refractivity contribution is 5.87. The van der Waals surface area contributed by atoms with Crippen LogP contribution in [-0.2, 0) is 14.3 Å². The molecule has 1 saturated carbocycles. The lowest BCUT2D eigenvalue weighted by Crippen LogP contribution is -2.46. The van der Waals surface area contributed by atoms with E-state index in [2.05, 4.69) is 6.58 Å². The molecular formula is C14H21NO3. The average molecular weight is 251 g/mol. The van der Waals surface area contributed by atoms with Crippen molar-refractivity contribution < 1.29 is 14.3 Å². The molecule has 2 rings (SSSR count). The Morgan fingerprint density at radius 2 is 2.11 bits per heavy atom. The van der Waals surface area contributed by atoms with Crippen molar-refractivity contribution in [1.82, 2.24) is 4.90 Å². The highest BCUT2D eigenvalue weighted by Crippen LogP contribution is 2.39. The van der Waals surface area contributed by atoms with Gasteiger partial charge >= 0.3 is 5.97 Å². The minimum absolute atomic E-state index is 0.0551. The fourth-order valence-electron chi connectivity index (χ4n) is 3.02. The van der Waals surface area contributed by atoms with Gasteiger partial charge in [0.15, 0.2) is 0 Å². The van der Waals surface area contributed by atoms with Crippen molar-refractivity contribution in [2.75, 3.05) is 0 Å². The van der Waals surface area contributed by atoms with Crippen LogP contribution in [0.1, 0.15) is 40.0 Å². The van der Waals surface area contributed by atoms with Crippen LogP contribution >= 0.6 is 0 Å². The normalized spacial score (nSPS) is 30.8. The Labute approximate surface area is 108 Å². The molecule has 0 radical (unpaired) electrons. The number of hydrogen-bond acceptors (Lipinski definition) is 3. The van der Waals surface area contributed by atoms with Crippen LogP contribution < -0.4 is 0 Å². The van der Waals surface area contributed by atoms with Crippen molar-refractivity contribution in [3.63, 3.8) is 0 Å². The summed E-state index contributed by atoms with van der Waals surface area (Å²) in [6.07, 6.45) is 2.26. The first kappa shape index (κ1) is 13.1. The molecule has 18 heavy (non-hydrogen) atoms. The molecule has 0 spiro atoms. The topological polar surface area (TPSA) is 46.6 Å². The molecule has 4 nitrogen and oxygen atoms in total. The summed E-state index contributed by atoms with van der Waals surface area (Å²) in [5.74, 6) is 0.0163. The van der Waals surface area contributed by atoms with E-state index in [1.54, 1.807) is 6.92 Å². The second kappa shape index (κ2) is 4.75. The van der Waals surface area contributed by atoms with E-state index in [0.717, 1.165) is 19.3 Å². The number of likely N-dealkylation sites (tertiary alicyclic amines) is 1. The lowest BCUT2D eigenvalue weighted by Gasteiger charge is -2.34. The summed E-state index contributed by atoms with van der Waals surface area (Å²) in [6, 6.07) is 0.219. The van der Waals surface area contributed by atoms with Gasteiger partial charge in [0.2, 0.25) is 5.91 Å². The standard InChI is InChI=1S/C14H21NO3/c1-8(2)14(17)18-12-6-5-10-7-11(12)15(9(3)4)13(10)16/h9-12H,1,5-7H2,2-4H3. The molecule has 2 bridgehead atoms. The van der Waals surface area contributed by atoms with Gasteiger partial charge in [0.25, 0.3) is 0 Å². The summed E-state index contributed by atoms with van der Waals surface area (Å²) >= 11 is 0. The quantitative estimate of drug-likeness (QED) is 0.568. The van der Waals surface area contributed by atoms with Crippen LogP contribution in [0.25, 0.3) is 0 Å². The Balaban J connectivity index is 2.12. The molecule has 1 heterocycles. The molecule has 1 aliphatic carbocycles. The molecule has 1 amide bonds. The van der Waals surface area contributed by atoms with Crippen LogP contribution in [0.4, 0.5) is 0 Å². The molecule has 0 aromatic rings. The molecule has 2 fully saturated rings. The molecule has 0 N–H and O–H groups in total. The van der Waals surface area contributed by atoms with Crippen LogP contribution in [0.3, 0.4) is 0 Å². The van der Waals surface area contributed by atoms with Crippen LogP contribution in [0.2, 0.25) is 0 Å². The van der Waals surface area contributed by atoms with Gasteiger partial charge in [0, 0.05) is 17.5 Å². The number of fused-ring (bicyclic) bond motifs is 2. The number of esters is 1. The maximum Gasteiger partial charge on any atom is 0.333 e. The van der Waals surface area contributed by atoms with Crippen LogP contribution in [0.5, 0.6) is 0 Å². The van der Waals surface area contributed by atoms with Gasteiger partial charge in [0.1, 0.15) is 6.10 Å². The van der Waals surface area contributed by atoms with E-state index in [0.29, 0.717) is 5.57 Å². The number of ether oxygens (including phenoxy) is 1. The van der Waals surface area contributed by atoms with Gasteiger partial charge in [-0.3, -0.25) is 4.79 Å². The average Bonchev–Trinajstić information content (AvgIpc) is 2.55. The van der Waals surface area contributed by atoms with E-state index in [4.69, 9.17) is 4.74 Å².